The Hall–Kier alpha value is -1.10. The number of nitrogens with two attached hydrogens (primary N) is 1. The van der Waals surface area contributed by atoms with Crippen LogP contribution in [0.2, 0.25) is 0 Å². The van der Waals surface area contributed by atoms with E-state index in [2.05, 4.69) is 12.2 Å². The Bertz CT molecular complexity index is 332. The molecule has 2 amide bonds. The summed E-state index contributed by atoms with van der Waals surface area (Å²) >= 11 is 0. The fraction of sp³-hybridized carbons (Fsp3) is 0.846. The molecule has 102 valence electrons. The molecule has 1 heterocycles. The molecule has 5 heteroatoms. The van der Waals surface area contributed by atoms with Gasteiger partial charge in [-0.1, -0.05) is 6.92 Å². The van der Waals surface area contributed by atoms with Crippen molar-refractivity contribution in [3.8, 4) is 0 Å². The zero-order valence-corrected chi connectivity index (χ0v) is 11.0. The Balaban J connectivity index is 2.02. The van der Waals surface area contributed by atoms with Crippen LogP contribution in [0.5, 0.6) is 0 Å². The summed E-state index contributed by atoms with van der Waals surface area (Å²) in [4.78, 5) is 25.6. The van der Waals surface area contributed by atoms with Crippen LogP contribution in [0.15, 0.2) is 0 Å². The molecule has 1 saturated heterocycles. The van der Waals surface area contributed by atoms with Crippen molar-refractivity contribution >= 4 is 11.8 Å². The van der Waals surface area contributed by atoms with Crippen molar-refractivity contribution in [1.29, 1.82) is 0 Å². The summed E-state index contributed by atoms with van der Waals surface area (Å²) in [5, 5.41) is 2.79. The molecule has 3 N–H and O–H groups in total. The van der Waals surface area contributed by atoms with E-state index >= 15 is 0 Å². The van der Waals surface area contributed by atoms with Crippen molar-refractivity contribution in [1.82, 2.24) is 10.2 Å². The lowest BCUT2D eigenvalue weighted by atomic mass is 9.78. The molecule has 18 heavy (non-hydrogen) atoms. The van der Waals surface area contributed by atoms with E-state index in [4.69, 9.17) is 5.73 Å². The molecule has 1 saturated carbocycles. The number of amides is 2. The number of nitrogens with one attached hydrogen (secondary N) is 1. The van der Waals surface area contributed by atoms with Crippen LogP contribution in [0.3, 0.4) is 0 Å². The third-order valence-corrected chi connectivity index (χ3v) is 4.06. The van der Waals surface area contributed by atoms with Crippen molar-refractivity contribution in [3.05, 3.63) is 0 Å². The summed E-state index contributed by atoms with van der Waals surface area (Å²) in [7, 11) is 0. The van der Waals surface area contributed by atoms with Crippen LogP contribution in [0.1, 0.15) is 32.6 Å². The van der Waals surface area contributed by atoms with E-state index in [0.29, 0.717) is 19.0 Å². The molecule has 0 aromatic carbocycles. The Kier molecular flexibility index (Phi) is 4.22. The van der Waals surface area contributed by atoms with Crippen molar-refractivity contribution in [2.24, 2.45) is 17.6 Å². The summed E-state index contributed by atoms with van der Waals surface area (Å²) in [6, 6.07) is -0.0417. The second kappa shape index (κ2) is 5.69. The first kappa shape index (κ1) is 13.3. The molecule has 2 rings (SSSR count). The molecule has 5 nitrogen and oxygen atoms in total. The van der Waals surface area contributed by atoms with Gasteiger partial charge in [-0.05, 0) is 31.6 Å². The van der Waals surface area contributed by atoms with Gasteiger partial charge in [-0.3, -0.25) is 9.59 Å². The van der Waals surface area contributed by atoms with Crippen molar-refractivity contribution in [2.75, 3.05) is 19.6 Å². The fourth-order valence-electron chi connectivity index (χ4n) is 2.92. The first-order valence-corrected chi connectivity index (χ1v) is 6.89. The monoisotopic (exact) mass is 253 g/mol. The van der Waals surface area contributed by atoms with Crippen molar-refractivity contribution < 1.29 is 9.59 Å². The third kappa shape index (κ3) is 3.02. The SMILES string of the molecule is CC1CCC(N)C(C(=O)N2CCCNC(=O)C2)C1. The van der Waals surface area contributed by atoms with E-state index in [1.807, 2.05) is 0 Å². The molecule has 3 unspecified atom stereocenters. The quantitative estimate of drug-likeness (QED) is 0.696. The first-order valence-electron chi connectivity index (χ1n) is 6.89. The van der Waals surface area contributed by atoms with Gasteiger partial charge in [0, 0.05) is 19.1 Å². The number of hydrogen-bond donors (Lipinski definition) is 2. The zero-order valence-electron chi connectivity index (χ0n) is 11.0. The predicted molar refractivity (Wildman–Crippen MR) is 68.7 cm³/mol. The molecule has 0 spiro atoms. The maximum Gasteiger partial charge on any atom is 0.239 e. The molecule has 0 aromatic heterocycles. The van der Waals surface area contributed by atoms with Crippen molar-refractivity contribution in [3.63, 3.8) is 0 Å². The molecular weight excluding hydrogens is 230 g/mol. The third-order valence-electron chi connectivity index (χ3n) is 4.06. The highest BCUT2D eigenvalue weighted by atomic mass is 16.2. The van der Waals surface area contributed by atoms with E-state index in [1.54, 1.807) is 4.90 Å². The van der Waals surface area contributed by atoms with Crippen molar-refractivity contribution in [2.45, 2.75) is 38.6 Å². The van der Waals surface area contributed by atoms with Gasteiger partial charge in [0.1, 0.15) is 0 Å². The minimum Gasteiger partial charge on any atom is -0.354 e. The minimum absolute atomic E-state index is 0.0417. The highest BCUT2D eigenvalue weighted by Gasteiger charge is 2.35. The second-order valence-electron chi connectivity index (χ2n) is 5.65. The summed E-state index contributed by atoms with van der Waals surface area (Å²) in [6.07, 6.45) is 3.70. The van der Waals surface area contributed by atoms with Gasteiger partial charge >= 0.3 is 0 Å². The van der Waals surface area contributed by atoms with Crippen LogP contribution < -0.4 is 11.1 Å². The standard InChI is InChI=1S/C13H23N3O2/c1-9-3-4-11(14)10(7-9)13(18)16-6-2-5-15-12(17)8-16/h9-11H,2-8,14H2,1H3,(H,15,17). The molecule has 1 aliphatic carbocycles. The molecule has 0 bridgehead atoms. The number of carbonyl (C=O) groups excluding carboxylic acids is 2. The van der Waals surface area contributed by atoms with Gasteiger partial charge in [-0.15, -0.1) is 0 Å². The largest absolute Gasteiger partial charge is 0.354 e. The highest BCUT2D eigenvalue weighted by Crippen LogP contribution is 2.29. The van der Waals surface area contributed by atoms with Crippen LogP contribution >= 0.6 is 0 Å². The molecule has 0 radical (unpaired) electrons. The average molecular weight is 253 g/mol. The van der Waals surface area contributed by atoms with Crippen LogP contribution in [0, 0.1) is 11.8 Å². The number of rotatable bonds is 1. The molecule has 1 aliphatic heterocycles. The summed E-state index contributed by atoms with van der Waals surface area (Å²) in [6.45, 7) is 3.68. The predicted octanol–water partition coefficient (Wildman–Crippen LogP) is 0.0984. The average Bonchev–Trinajstić information content (AvgIpc) is 2.56. The van der Waals surface area contributed by atoms with Gasteiger partial charge < -0.3 is 16.0 Å². The van der Waals surface area contributed by atoms with Gasteiger partial charge in [0.15, 0.2) is 0 Å². The second-order valence-corrected chi connectivity index (χ2v) is 5.65. The van der Waals surface area contributed by atoms with E-state index in [1.165, 1.54) is 0 Å². The number of nitrogens with zero attached hydrogens (tertiary/aromatic N) is 1. The smallest absolute Gasteiger partial charge is 0.239 e. The van der Waals surface area contributed by atoms with Crippen LogP contribution in [0.25, 0.3) is 0 Å². The van der Waals surface area contributed by atoms with Gasteiger partial charge in [-0.25, -0.2) is 0 Å². The Morgan fingerprint density at radius 1 is 1.44 bits per heavy atom. The maximum atomic E-state index is 12.5. The Morgan fingerprint density at radius 2 is 2.22 bits per heavy atom. The molecule has 3 atom stereocenters. The number of hydrogen-bond acceptors (Lipinski definition) is 3. The number of carbonyl (C=O) groups is 2. The van der Waals surface area contributed by atoms with Gasteiger partial charge in [0.05, 0.1) is 12.5 Å². The Morgan fingerprint density at radius 3 is 3.00 bits per heavy atom. The lowest BCUT2D eigenvalue weighted by molar-refractivity contribution is -0.140. The first-order chi connectivity index (χ1) is 8.58. The van der Waals surface area contributed by atoms with Crippen LogP contribution in [-0.4, -0.2) is 42.4 Å². The Labute approximate surface area is 108 Å². The molecule has 2 aliphatic rings. The highest BCUT2D eigenvalue weighted by molar-refractivity contribution is 5.86. The van der Waals surface area contributed by atoms with Gasteiger partial charge in [-0.2, -0.15) is 0 Å². The minimum atomic E-state index is -0.0975. The van der Waals surface area contributed by atoms with E-state index in [-0.39, 0.29) is 30.3 Å². The van der Waals surface area contributed by atoms with Gasteiger partial charge in [0.25, 0.3) is 0 Å². The fourth-order valence-corrected chi connectivity index (χ4v) is 2.92. The van der Waals surface area contributed by atoms with E-state index < -0.39 is 0 Å². The topological polar surface area (TPSA) is 75.4 Å². The lowest BCUT2D eigenvalue weighted by Crippen LogP contribution is -2.48. The zero-order chi connectivity index (χ0) is 13.1. The summed E-state index contributed by atoms with van der Waals surface area (Å²) < 4.78 is 0. The molecule has 2 fully saturated rings. The summed E-state index contributed by atoms with van der Waals surface area (Å²) in [5.41, 5.74) is 6.07. The lowest BCUT2D eigenvalue weighted by Gasteiger charge is -2.34. The van der Waals surface area contributed by atoms with Gasteiger partial charge in [0.2, 0.25) is 11.8 Å². The molecule has 0 aromatic rings. The molecular formula is C13H23N3O2. The summed E-state index contributed by atoms with van der Waals surface area (Å²) in [5.74, 6) is 0.476. The van der Waals surface area contributed by atoms with Crippen LogP contribution in [0.4, 0.5) is 0 Å². The normalized spacial score (nSPS) is 33.8. The van der Waals surface area contributed by atoms with E-state index in [9.17, 15) is 9.59 Å². The van der Waals surface area contributed by atoms with E-state index in [0.717, 1.165) is 25.7 Å². The maximum absolute atomic E-state index is 12.5. The van der Waals surface area contributed by atoms with Crippen LogP contribution in [-0.2, 0) is 9.59 Å².